The largest absolute Gasteiger partial charge is 0.493 e. The molecule has 0 bridgehead atoms. The van der Waals surface area contributed by atoms with Gasteiger partial charge in [0, 0.05) is 30.3 Å². The van der Waals surface area contributed by atoms with E-state index in [1.807, 2.05) is 41.8 Å². The SMILES string of the molecule is COc1cc2ncn(-c3cc(O[C@H](C)c4cccc(NCC5CCN(C)CC5)c4Cl)c(C(N)=O)s3)c2cc1OC. The first-order chi connectivity index (χ1) is 19.3. The number of likely N-dealkylation sites (tertiary alicyclic amines) is 1. The number of rotatable bonds is 10. The number of methoxy groups -OCH3 is 2. The predicted octanol–water partition coefficient (Wildman–Crippen LogP) is 5.75. The number of imidazole rings is 1. The fraction of sp³-hybridized carbons (Fsp3) is 0.379. The van der Waals surface area contributed by atoms with Crippen molar-refractivity contribution in [1.82, 2.24) is 14.5 Å². The Balaban J connectivity index is 1.38. The first-order valence-corrected chi connectivity index (χ1v) is 14.4. The van der Waals surface area contributed by atoms with Gasteiger partial charge in [0.1, 0.15) is 28.1 Å². The average molecular weight is 584 g/mol. The number of amides is 1. The van der Waals surface area contributed by atoms with Crippen LogP contribution >= 0.6 is 22.9 Å². The van der Waals surface area contributed by atoms with Gasteiger partial charge in [0.2, 0.25) is 0 Å². The van der Waals surface area contributed by atoms with Crippen LogP contribution in [0.1, 0.15) is 41.1 Å². The van der Waals surface area contributed by atoms with Crippen molar-refractivity contribution in [2.45, 2.75) is 25.9 Å². The van der Waals surface area contributed by atoms with Gasteiger partial charge in [-0.2, -0.15) is 0 Å². The lowest BCUT2D eigenvalue weighted by Crippen LogP contribution is -2.33. The minimum absolute atomic E-state index is 0.317. The number of primary amides is 1. The van der Waals surface area contributed by atoms with E-state index in [4.69, 9.17) is 31.5 Å². The third-order valence-electron chi connectivity index (χ3n) is 7.39. The number of anilines is 1. The van der Waals surface area contributed by atoms with E-state index in [0.717, 1.165) is 46.9 Å². The van der Waals surface area contributed by atoms with Crippen molar-refractivity contribution in [2.75, 3.05) is 46.2 Å². The molecule has 11 heteroatoms. The van der Waals surface area contributed by atoms with Crippen LogP contribution in [0.25, 0.3) is 16.0 Å². The zero-order valence-corrected chi connectivity index (χ0v) is 24.6. The molecule has 1 fully saturated rings. The summed E-state index contributed by atoms with van der Waals surface area (Å²) in [5, 5.41) is 4.87. The summed E-state index contributed by atoms with van der Waals surface area (Å²) in [6.07, 6.45) is 3.60. The third-order valence-corrected chi connectivity index (χ3v) is 8.94. The highest BCUT2D eigenvalue weighted by Gasteiger charge is 2.23. The number of nitrogens with one attached hydrogen (secondary N) is 1. The molecule has 40 heavy (non-hydrogen) atoms. The highest BCUT2D eigenvalue weighted by molar-refractivity contribution is 7.16. The molecule has 9 nitrogen and oxygen atoms in total. The Kier molecular flexibility index (Phi) is 8.39. The number of piperidine rings is 1. The molecule has 0 unspecified atom stereocenters. The van der Waals surface area contributed by atoms with Crippen molar-refractivity contribution in [3.63, 3.8) is 0 Å². The summed E-state index contributed by atoms with van der Waals surface area (Å²) in [6.45, 7) is 5.02. The Bertz CT molecular complexity index is 1510. The normalized spacial score (nSPS) is 15.2. The summed E-state index contributed by atoms with van der Waals surface area (Å²) < 4.78 is 19.1. The van der Waals surface area contributed by atoms with Gasteiger partial charge in [-0.1, -0.05) is 23.7 Å². The quantitative estimate of drug-likeness (QED) is 0.245. The number of fused-ring (bicyclic) bond motifs is 1. The Morgan fingerprint density at radius 2 is 1.90 bits per heavy atom. The highest BCUT2D eigenvalue weighted by atomic mass is 35.5. The first-order valence-electron chi connectivity index (χ1n) is 13.2. The van der Waals surface area contributed by atoms with Crippen LogP contribution in [0, 0.1) is 5.92 Å². The summed E-state index contributed by atoms with van der Waals surface area (Å²) in [6, 6.07) is 11.3. The Hall–Kier alpha value is -3.47. The molecule has 0 radical (unpaired) electrons. The second-order valence-electron chi connectivity index (χ2n) is 10.0. The number of ether oxygens (including phenoxy) is 3. The Labute approximate surface area is 242 Å². The fourth-order valence-electron chi connectivity index (χ4n) is 5.03. The van der Waals surface area contributed by atoms with E-state index in [2.05, 4.69) is 22.2 Å². The van der Waals surface area contributed by atoms with Gasteiger partial charge in [-0.3, -0.25) is 9.36 Å². The monoisotopic (exact) mass is 583 g/mol. The number of thiophene rings is 1. The van der Waals surface area contributed by atoms with Crippen LogP contribution in [0.4, 0.5) is 5.69 Å². The minimum Gasteiger partial charge on any atom is -0.493 e. The van der Waals surface area contributed by atoms with Crippen molar-refractivity contribution in [3.8, 4) is 22.2 Å². The fourth-order valence-corrected chi connectivity index (χ4v) is 6.30. The van der Waals surface area contributed by atoms with Crippen molar-refractivity contribution in [3.05, 3.63) is 58.2 Å². The molecular weight excluding hydrogens is 550 g/mol. The number of carbonyl (C=O) groups excluding carboxylic acids is 1. The van der Waals surface area contributed by atoms with E-state index in [-0.39, 0.29) is 0 Å². The molecule has 1 atom stereocenters. The molecule has 2 aromatic carbocycles. The molecule has 4 aromatic rings. The number of nitrogens with zero attached hydrogens (tertiary/aromatic N) is 3. The molecule has 212 valence electrons. The Morgan fingerprint density at radius 3 is 2.60 bits per heavy atom. The molecule has 0 spiro atoms. The zero-order chi connectivity index (χ0) is 28.4. The van der Waals surface area contributed by atoms with Gasteiger partial charge >= 0.3 is 0 Å². The Morgan fingerprint density at radius 1 is 1.18 bits per heavy atom. The molecule has 0 aliphatic carbocycles. The molecule has 2 aromatic heterocycles. The van der Waals surface area contributed by atoms with Crippen LogP contribution in [0.5, 0.6) is 17.2 Å². The molecule has 1 aliphatic rings. The number of hydrogen-bond acceptors (Lipinski definition) is 8. The van der Waals surface area contributed by atoms with Crippen LogP contribution in [0.15, 0.2) is 42.7 Å². The number of nitrogens with two attached hydrogens (primary N) is 1. The number of carbonyl (C=O) groups is 1. The lowest BCUT2D eigenvalue weighted by molar-refractivity contribution is 0.0998. The minimum atomic E-state index is -0.568. The number of halogens is 1. The maximum absolute atomic E-state index is 12.4. The van der Waals surface area contributed by atoms with E-state index in [1.165, 1.54) is 24.2 Å². The van der Waals surface area contributed by atoms with Crippen LogP contribution < -0.4 is 25.3 Å². The maximum Gasteiger partial charge on any atom is 0.262 e. The van der Waals surface area contributed by atoms with Crippen molar-refractivity contribution < 1.29 is 19.0 Å². The third kappa shape index (κ3) is 5.70. The van der Waals surface area contributed by atoms with Gasteiger partial charge in [0.15, 0.2) is 11.5 Å². The van der Waals surface area contributed by atoms with Crippen LogP contribution in [-0.2, 0) is 0 Å². The van der Waals surface area contributed by atoms with Gasteiger partial charge in [0.25, 0.3) is 5.91 Å². The van der Waals surface area contributed by atoms with Gasteiger partial charge in [-0.15, -0.1) is 11.3 Å². The van der Waals surface area contributed by atoms with E-state index >= 15 is 0 Å². The van der Waals surface area contributed by atoms with Crippen molar-refractivity contribution in [1.29, 1.82) is 0 Å². The molecule has 1 saturated heterocycles. The number of hydrogen-bond donors (Lipinski definition) is 2. The summed E-state index contributed by atoms with van der Waals surface area (Å²) in [4.78, 5) is 19.6. The summed E-state index contributed by atoms with van der Waals surface area (Å²) in [7, 11) is 5.33. The second kappa shape index (κ2) is 12.0. The van der Waals surface area contributed by atoms with Gasteiger partial charge in [0.05, 0.1) is 36.0 Å². The lowest BCUT2D eigenvalue weighted by Gasteiger charge is -2.29. The highest BCUT2D eigenvalue weighted by Crippen LogP contribution is 2.39. The van der Waals surface area contributed by atoms with E-state index in [9.17, 15) is 4.79 Å². The predicted molar refractivity (Wildman–Crippen MR) is 160 cm³/mol. The van der Waals surface area contributed by atoms with Gasteiger partial charge in [-0.05, 0) is 51.9 Å². The molecule has 5 rings (SSSR count). The van der Waals surface area contributed by atoms with E-state index in [0.29, 0.717) is 33.1 Å². The van der Waals surface area contributed by atoms with Crippen LogP contribution in [0.3, 0.4) is 0 Å². The topological polar surface area (TPSA) is 104 Å². The summed E-state index contributed by atoms with van der Waals surface area (Å²) in [5.41, 5.74) is 8.97. The summed E-state index contributed by atoms with van der Waals surface area (Å²) in [5.74, 6) is 1.60. The van der Waals surface area contributed by atoms with Crippen LogP contribution in [-0.4, -0.2) is 61.3 Å². The lowest BCUT2D eigenvalue weighted by atomic mass is 9.97. The van der Waals surface area contributed by atoms with Crippen molar-refractivity contribution >= 4 is 45.6 Å². The average Bonchev–Trinajstić information content (AvgIpc) is 3.56. The molecule has 3 heterocycles. The van der Waals surface area contributed by atoms with Crippen molar-refractivity contribution in [2.24, 2.45) is 11.7 Å². The maximum atomic E-state index is 12.4. The number of aromatic nitrogens is 2. The smallest absolute Gasteiger partial charge is 0.262 e. The molecule has 0 saturated carbocycles. The van der Waals surface area contributed by atoms with Gasteiger partial charge < -0.3 is 30.2 Å². The van der Waals surface area contributed by atoms with Gasteiger partial charge in [-0.25, -0.2) is 4.98 Å². The van der Waals surface area contributed by atoms with E-state index < -0.39 is 12.0 Å². The van der Waals surface area contributed by atoms with Crippen LogP contribution in [0.2, 0.25) is 5.02 Å². The molecule has 3 N–H and O–H groups in total. The standard InChI is InChI=1S/C29H34ClN5O4S/c1-17(19-6-5-7-20(27(19)30)32-15-18-8-10-34(2)11-9-18)39-25-14-26(40-28(25)29(31)36)35-16-33-21-12-23(37-3)24(38-4)13-22(21)35/h5-7,12-14,16-18,32H,8-11,15H2,1-4H3,(H2,31,36)/t17-/m1/s1. The summed E-state index contributed by atoms with van der Waals surface area (Å²) >= 11 is 8.08. The van der Waals surface area contributed by atoms with E-state index in [1.54, 1.807) is 26.6 Å². The molecular formula is C29H34ClN5O4S. The first kappa shape index (κ1) is 28.1. The zero-order valence-electron chi connectivity index (χ0n) is 23.1. The number of benzene rings is 2. The molecule has 1 amide bonds. The second-order valence-corrected chi connectivity index (χ2v) is 11.5. The molecule has 1 aliphatic heterocycles.